The molecule has 0 aromatic heterocycles. The topological polar surface area (TPSA) is 40.5 Å². The van der Waals surface area contributed by atoms with E-state index in [4.69, 9.17) is 0 Å². The van der Waals surface area contributed by atoms with Crippen LogP contribution in [0.2, 0.25) is 0 Å². The molecule has 1 aliphatic heterocycles. The summed E-state index contributed by atoms with van der Waals surface area (Å²) in [6.07, 6.45) is -11.6. The molecule has 0 aliphatic carbocycles. The first-order valence-electron chi connectivity index (χ1n) is 10.0. The zero-order chi connectivity index (χ0) is 23.9. The zero-order valence-corrected chi connectivity index (χ0v) is 17.5. The van der Waals surface area contributed by atoms with Gasteiger partial charge in [0.2, 0.25) is 5.91 Å². The van der Waals surface area contributed by atoms with Gasteiger partial charge in [-0.25, -0.2) is 0 Å². The molecule has 1 amide bonds. The molecule has 3 rings (SSSR count). The smallest absolute Gasteiger partial charge is 0.369 e. The molecular weight excluding hydrogens is 436 g/mol. The molecule has 0 radical (unpaired) electrons. The van der Waals surface area contributed by atoms with Crippen LogP contribution in [0.1, 0.15) is 42.9 Å². The van der Waals surface area contributed by atoms with Crippen LogP contribution in [0.4, 0.5) is 26.3 Å². The highest BCUT2D eigenvalue weighted by molar-refractivity contribution is 5.76. The van der Waals surface area contributed by atoms with E-state index < -0.39 is 28.9 Å². The van der Waals surface area contributed by atoms with E-state index in [1.165, 1.54) is 12.1 Å². The Morgan fingerprint density at radius 3 is 2.00 bits per heavy atom. The second kappa shape index (κ2) is 8.10. The first-order chi connectivity index (χ1) is 14.8. The number of benzene rings is 2. The Hall–Kier alpha value is -2.55. The van der Waals surface area contributed by atoms with E-state index in [0.717, 1.165) is 5.56 Å². The van der Waals surface area contributed by atoms with Crippen molar-refractivity contribution in [3.8, 4) is 0 Å². The van der Waals surface area contributed by atoms with Crippen LogP contribution >= 0.6 is 0 Å². The molecule has 9 heteroatoms. The normalized spacial score (nSPS) is 22.3. The highest BCUT2D eigenvalue weighted by atomic mass is 19.4. The Balaban J connectivity index is 2.05. The summed E-state index contributed by atoms with van der Waals surface area (Å²) < 4.78 is 79.2. The van der Waals surface area contributed by atoms with Gasteiger partial charge in [-0.15, -0.1) is 0 Å². The van der Waals surface area contributed by atoms with E-state index in [-0.39, 0.29) is 24.8 Å². The number of hydrogen-bond donors (Lipinski definition) is 1. The van der Waals surface area contributed by atoms with Crippen LogP contribution in [0.25, 0.3) is 0 Å². The van der Waals surface area contributed by atoms with Gasteiger partial charge in [-0.2, -0.15) is 26.3 Å². The van der Waals surface area contributed by atoms with Gasteiger partial charge in [-0.3, -0.25) is 4.79 Å². The molecule has 32 heavy (non-hydrogen) atoms. The van der Waals surface area contributed by atoms with Gasteiger partial charge in [0.05, 0.1) is 0 Å². The summed E-state index contributed by atoms with van der Waals surface area (Å²) in [6, 6.07) is 12.9. The molecule has 3 nitrogen and oxygen atoms in total. The third-order valence-corrected chi connectivity index (χ3v) is 6.33. The molecule has 0 saturated carbocycles. The Labute approximate surface area is 181 Å². The van der Waals surface area contributed by atoms with Crippen molar-refractivity contribution in [2.75, 3.05) is 13.1 Å². The molecule has 2 atom stereocenters. The van der Waals surface area contributed by atoms with Crippen LogP contribution < -0.4 is 0 Å². The minimum atomic E-state index is -5.94. The van der Waals surface area contributed by atoms with Crippen molar-refractivity contribution in [1.29, 1.82) is 0 Å². The summed E-state index contributed by atoms with van der Waals surface area (Å²) >= 11 is 0. The van der Waals surface area contributed by atoms with Crippen molar-refractivity contribution in [2.45, 2.75) is 49.6 Å². The fourth-order valence-electron chi connectivity index (χ4n) is 4.44. The van der Waals surface area contributed by atoms with Gasteiger partial charge in [0.1, 0.15) is 0 Å². The van der Waals surface area contributed by atoms with Crippen LogP contribution in [0.5, 0.6) is 0 Å². The molecule has 0 bridgehead atoms. The average Bonchev–Trinajstić information content (AvgIpc) is 3.10. The Morgan fingerprint density at radius 2 is 1.53 bits per heavy atom. The molecule has 1 heterocycles. The number of nitrogens with zero attached hydrogens (tertiary/aromatic N) is 1. The zero-order valence-electron chi connectivity index (χ0n) is 17.5. The van der Waals surface area contributed by atoms with Crippen molar-refractivity contribution in [2.24, 2.45) is 0 Å². The second-order valence-electron chi connectivity index (χ2n) is 8.29. The summed E-state index contributed by atoms with van der Waals surface area (Å²) in [7, 11) is 0. The van der Waals surface area contributed by atoms with Crippen molar-refractivity contribution in [3.63, 3.8) is 0 Å². The maximum Gasteiger partial charge on any atom is 0.430 e. The molecule has 2 aromatic rings. The third kappa shape index (κ3) is 3.87. The van der Waals surface area contributed by atoms with Gasteiger partial charge in [0.25, 0.3) is 5.60 Å². The lowest BCUT2D eigenvalue weighted by Gasteiger charge is -2.34. The number of halogens is 6. The Morgan fingerprint density at radius 1 is 1.00 bits per heavy atom. The van der Waals surface area contributed by atoms with Crippen molar-refractivity contribution in [3.05, 3.63) is 71.3 Å². The van der Waals surface area contributed by atoms with Gasteiger partial charge in [0, 0.05) is 36.4 Å². The van der Waals surface area contributed by atoms with E-state index in [0.29, 0.717) is 24.2 Å². The quantitative estimate of drug-likeness (QED) is 0.631. The number of rotatable bonds is 4. The summed E-state index contributed by atoms with van der Waals surface area (Å²) in [5.41, 5.74) is -5.48. The number of carbonyl (C=O) groups is 1. The number of carbonyl (C=O) groups excluding carboxylic acids is 1. The molecule has 1 aliphatic rings. The van der Waals surface area contributed by atoms with Crippen LogP contribution in [0, 0.1) is 0 Å². The summed E-state index contributed by atoms with van der Waals surface area (Å²) in [6.45, 7) is 4.29. The largest absolute Gasteiger partial charge is 0.430 e. The maximum atomic E-state index is 13.2. The highest BCUT2D eigenvalue weighted by Crippen LogP contribution is 2.51. The van der Waals surface area contributed by atoms with Crippen molar-refractivity contribution in [1.82, 2.24) is 4.90 Å². The van der Waals surface area contributed by atoms with Gasteiger partial charge in [-0.1, -0.05) is 68.4 Å². The molecule has 2 aromatic carbocycles. The second-order valence-corrected chi connectivity index (χ2v) is 8.29. The molecule has 174 valence electrons. The number of aliphatic hydroxyl groups is 1. The fraction of sp³-hybridized carbons (Fsp3) is 0.435. The lowest BCUT2D eigenvalue weighted by molar-refractivity contribution is -0.376. The Kier molecular flexibility index (Phi) is 6.10. The number of hydrogen-bond acceptors (Lipinski definition) is 2. The minimum absolute atomic E-state index is 0.0882. The molecule has 1 N–H and O–H groups in total. The summed E-state index contributed by atoms with van der Waals surface area (Å²) in [5.74, 6) is -0.450. The third-order valence-electron chi connectivity index (χ3n) is 6.33. The van der Waals surface area contributed by atoms with Gasteiger partial charge in [-0.05, 0) is 11.1 Å². The number of amides is 1. The molecular formula is C23H23F6NO2. The van der Waals surface area contributed by atoms with Gasteiger partial charge in [0.15, 0.2) is 0 Å². The van der Waals surface area contributed by atoms with E-state index in [9.17, 15) is 36.2 Å². The predicted octanol–water partition coefficient (Wildman–Crippen LogP) is 5.29. The van der Waals surface area contributed by atoms with Crippen LogP contribution in [0.15, 0.2) is 54.6 Å². The molecule has 1 fully saturated rings. The lowest BCUT2D eigenvalue weighted by atomic mass is 9.71. The van der Waals surface area contributed by atoms with Crippen LogP contribution in [-0.4, -0.2) is 41.4 Å². The van der Waals surface area contributed by atoms with E-state index in [1.54, 1.807) is 11.8 Å². The SMILES string of the molecule is CCC(=O)N1C[C@@H](c2ccc(C(O)(C(F)(F)F)C(F)(F)F)cc2)[C@@](C)(c2ccccc2)C1. The van der Waals surface area contributed by atoms with E-state index in [2.05, 4.69) is 0 Å². The fourth-order valence-corrected chi connectivity index (χ4v) is 4.44. The first kappa shape index (κ1) is 24.1. The summed E-state index contributed by atoms with van der Waals surface area (Å²) in [4.78, 5) is 14.0. The van der Waals surface area contributed by atoms with Crippen LogP contribution in [0.3, 0.4) is 0 Å². The highest BCUT2D eigenvalue weighted by Gasteiger charge is 2.71. The number of likely N-dealkylation sites (tertiary alicyclic amines) is 1. The monoisotopic (exact) mass is 459 g/mol. The van der Waals surface area contributed by atoms with Gasteiger partial charge >= 0.3 is 12.4 Å². The predicted molar refractivity (Wildman–Crippen MR) is 106 cm³/mol. The summed E-state index contributed by atoms with van der Waals surface area (Å²) in [5, 5.41) is 9.64. The molecule has 0 unspecified atom stereocenters. The average molecular weight is 459 g/mol. The Bertz CT molecular complexity index is 941. The van der Waals surface area contributed by atoms with Crippen molar-refractivity contribution < 1.29 is 36.2 Å². The first-order valence-corrected chi connectivity index (χ1v) is 10.0. The van der Waals surface area contributed by atoms with Gasteiger partial charge < -0.3 is 10.0 Å². The molecule has 0 spiro atoms. The minimum Gasteiger partial charge on any atom is -0.369 e. The number of alkyl halides is 6. The molecule has 1 saturated heterocycles. The van der Waals surface area contributed by atoms with Crippen LogP contribution in [-0.2, 0) is 15.8 Å². The van der Waals surface area contributed by atoms with Crippen molar-refractivity contribution >= 4 is 5.91 Å². The standard InChI is InChI=1S/C23H23F6NO2/c1-3-19(31)30-13-18(20(2,14-30)16-7-5-4-6-8-16)15-9-11-17(12-10-15)21(32,22(24,25)26)23(27,28)29/h4-12,18,32H,3,13-14H2,1-2H3/t18-,20+/m0/s1. The lowest BCUT2D eigenvalue weighted by Crippen LogP contribution is -2.53. The maximum absolute atomic E-state index is 13.2. The van der Waals surface area contributed by atoms with E-state index in [1.807, 2.05) is 37.3 Å². The van der Waals surface area contributed by atoms with E-state index >= 15 is 0 Å².